The van der Waals surface area contributed by atoms with Crippen molar-refractivity contribution in [1.82, 2.24) is 10.2 Å². The molecule has 1 aromatic carbocycles. The van der Waals surface area contributed by atoms with E-state index in [-0.39, 0.29) is 12.5 Å². The molecule has 0 saturated carbocycles. The Morgan fingerprint density at radius 3 is 2.45 bits per heavy atom. The molecule has 1 atom stereocenters. The van der Waals surface area contributed by atoms with Gasteiger partial charge < -0.3 is 10.1 Å². The predicted molar refractivity (Wildman–Crippen MR) is 81.7 cm³/mol. The van der Waals surface area contributed by atoms with Crippen LogP contribution in [0, 0.1) is 0 Å². The number of nitrogens with one attached hydrogen (secondary N) is 1. The maximum absolute atomic E-state index is 11.5. The van der Waals surface area contributed by atoms with E-state index in [0.29, 0.717) is 12.6 Å². The number of rotatable bonds is 9. The van der Waals surface area contributed by atoms with Crippen LogP contribution in [0.25, 0.3) is 0 Å². The molecular weight excluding hydrogens is 252 g/mol. The second-order valence-corrected chi connectivity index (χ2v) is 4.80. The lowest BCUT2D eigenvalue weighted by molar-refractivity contribution is -0.125. The number of likely N-dealkylation sites (N-methyl/N-ethyl adjacent to an activating group) is 1. The summed E-state index contributed by atoms with van der Waals surface area (Å²) in [6.07, 6.45) is 0.940. The normalized spacial score (nSPS) is 12.4. The third kappa shape index (κ3) is 5.72. The molecule has 0 aromatic heterocycles. The van der Waals surface area contributed by atoms with Gasteiger partial charge in [0, 0.05) is 19.7 Å². The second kappa shape index (κ2) is 9.50. The zero-order valence-electron chi connectivity index (χ0n) is 12.8. The molecule has 0 bridgehead atoms. The highest BCUT2D eigenvalue weighted by molar-refractivity contribution is 5.77. The second-order valence-electron chi connectivity index (χ2n) is 4.80. The van der Waals surface area contributed by atoms with Crippen molar-refractivity contribution in [3.05, 3.63) is 35.9 Å². The van der Waals surface area contributed by atoms with Gasteiger partial charge >= 0.3 is 0 Å². The van der Waals surface area contributed by atoms with Crippen molar-refractivity contribution in [2.75, 3.05) is 33.4 Å². The molecule has 20 heavy (non-hydrogen) atoms. The van der Waals surface area contributed by atoms with Gasteiger partial charge in [0.15, 0.2) is 0 Å². The SMILES string of the molecule is CCN(CC)[C@H](CNC(=O)COC)Cc1ccccc1. The number of nitrogens with zero attached hydrogens (tertiary/aromatic N) is 1. The van der Waals surface area contributed by atoms with E-state index in [4.69, 9.17) is 4.74 Å². The first kappa shape index (κ1) is 16.7. The minimum atomic E-state index is -0.0577. The van der Waals surface area contributed by atoms with Crippen LogP contribution >= 0.6 is 0 Å². The number of carbonyl (C=O) groups is 1. The molecule has 0 aliphatic rings. The van der Waals surface area contributed by atoms with Crippen LogP contribution in [0.5, 0.6) is 0 Å². The van der Waals surface area contributed by atoms with Gasteiger partial charge in [0.05, 0.1) is 0 Å². The van der Waals surface area contributed by atoms with Crippen LogP contribution in [0.3, 0.4) is 0 Å². The molecule has 1 N–H and O–H groups in total. The molecule has 0 fully saturated rings. The summed E-state index contributed by atoms with van der Waals surface area (Å²) < 4.78 is 4.84. The lowest BCUT2D eigenvalue weighted by atomic mass is 10.0. The number of ether oxygens (including phenoxy) is 1. The maximum Gasteiger partial charge on any atom is 0.246 e. The summed E-state index contributed by atoms with van der Waals surface area (Å²) in [6, 6.07) is 10.7. The minimum absolute atomic E-state index is 0.0577. The van der Waals surface area contributed by atoms with Gasteiger partial charge in [0.1, 0.15) is 6.61 Å². The average Bonchev–Trinajstić information content (AvgIpc) is 2.47. The molecule has 1 rings (SSSR count). The summed E-state index contributed by atoms with van der Waals surface area (Å²) in [5.41, 5.74) is 1.30. The van der Waals surface area contributed by atoms with E-state index in [1.165, 1.54) is 12.7 Å². The third-order valence-electron chi connectivity index (χ3n) is 3.45. The van der Waals surface area contributed by atoms with E-state index in [9.17, 15) is 4.79 Å². The van der Waals surface area contributed by atoms with Crippen LogP contribution in [0.15, 0.2) is 30.3 Å². The molecule has 4 heteroatoms. The minimum Gasteiger partial charge on any atom is -0.375 e. The van der Waals surface area contributed by atoms with Crippen molar-refractivity contribution in [2.45, 2.75) is 26.3 Å². The lowest BCUT2D eigenvalue weighted by Gasteiger charge is -2.30. The van der Waals surface area contributed by atoms with Gasteiger partial charge in [0.2, 0.25) is 5.91 Å². The van der Waals surface area contributed by atoms with Gasteiger partial charge in [-0.25, -0.2) is 0 Å². The zero-order valence-corrected chi connectivity index (χ0v) is 12.8. The molecule has 0 aliphatic carbocycles. The Balaban J connectivity index is 2.62. The standard InChI is InChI=1S/C16H26N2O2/c1-4-18(5-2)15(12-17-16(19)13-20-3)11-14-9-7-6-8-10-14/h6-10,15H,4-5,11-13H2,1-3H3,(H,17,19)/t15-/m0/s1. The fraction of sp³-hybridized carbons (Fsp3) is 0.562. The van der Waals surface area contributed by atoms with Crippen LogP contribution in [0.4, 0.5) is 0 Å². The van der Waals surface area contributed by atoms with Crippen molar-refractivity contribution < 1.29 is 9.53 Å². The number of hydrogen-bond donors (Lipinski definition) is 1. The van der Waals surface area contributed by atoms with Crippen LogP contribution in [-0.4, -0.2) is 50.2 Å². The van der Waals surface area contributed by atoms with Crippen LogP contribution in [0.2, 0.25) is 0 Å². The first-order valence-electron chi connectivity index (χ1n) is 7.24. The highest BCUT2D eigenvalue weighted by atomic mass is 16.5. The molecule has 0 spiro atoms. The van der Waals surface area contributed by atoms with Crippen molar-refractivity contribution in [3.8, 4) is 0 Å². The van der Waals surface area contributed by atoms with Crippen molar-refractivity contribution in [2.24, 2.45) is 0 Å². The van der Waals surface area contributed by atoms with E-state index in [2.05, 4.69) is 48.3 Å². The van der Waals surface area contributed by atoms with Gasteiger partial charge in [0.25, 0.3) is 0 Å². The van der Waals surface area contributed by atoms with Gasteiger partial charge in [-0.3, -0.25) is 9.69 Å². The molecule has 0 saturated heterocycles. The Morgan fingerprint density at radius 2 is 1.90 bits per heavy atom. The Hall–Kier alpha value is -1.39. The molecule has 4 nitrogen and oxygen atoms in total. The number of amides is 1. The third-order valence-corrected chi connectivity index (χ3v) is 3.45. The number of hydrogen-bond acceptors (Lipinski definition) is 3. The Kier molecular flexibility index (Phi) is 7.92. The summed E-state index contributed by atoms with van der Waals surface area (Å²) in [5, 5.41) is 2.95. The summed E-state index contributed by atoms with van der Waals surface area (Å²) in [7, 11) is 1.53. The van der Waals surface area contributed by atoms with Gasteiger partial charge in [-0.15, -0.1) is 0 Å². The quantitative estimate of drug-likeness (QED) is 0.747. The van der Waals surface area contributed by atoms with Crippen molar-refractivity contribution in [3.63, 3.8) is 0 Å². The van der Waals surface area contributed by atoms with Gasteiger partial charge in [-0.1, -0.05) is 44.2 Å². The Labute approximate surface area is 122 Å². The molecule has 1 amide bonds. The van der Waals surface area contributed by atoms with Gasteiger partial charge in [-0.2, -0.15) is 0 Å². The maximum atomic E-state index is 11.5. The van der Waals surface area contributed by atoms with E-state index in [1.807, 2.05) is 6.07 Å². The summed E-state index contributed by atoms with van der Waals surface area (Å²) in [4.78, 5) is 13.9. The molecule has 0 unspecified atom stereocenters. The first-order chi connectivity index (χ1) is 9.71. The predicted octanol–water partition coefficient (Wildman–Crippen LogP) is 1.70. The lowest BCUT2D eigenvalue weighted by Crippen LogP contribution is -2.45. The summed E-state index contributed by atoms with van der Waals surface area (Å²) >= 11 is 0. The zero-order chi connectivity index (χ0) is 14.8. The Bertz CT molecular complexity index is 377. The van der Waals surface area contributed by atoms with Crippen molar-refractivity contribution in [1.29, 1.82) is 0 Å². The fourth-order valence-corrected chi connectivity index (χ4v) is 2.37. The highest BCUT2D eigenvalue weighted by Gasteiger charge is 2.17. The van der Waals surface area contributed by atoms with E-state index in [1.54, 1.807) is 0 Å². The summed E-state index contributed by atoms with van der Waals surface area (Å²) in [5.74, 6) is -0.0577. The van der Waals surface area contributed by atoms with Crippen molar-refractivity contribution >= 4 is 5.91 Å². The van der Waals surface area contributed by atoms with E-state index >= 15 is 0 Å². The molecule has 112 valence electrons. The Morgan fingerprint density at radius 1 is 1.25 bits per heavy atom. The largest absolute Gasteiger partial charge is 0.375 e. The summed E-state index contributed by atoms with van der Waals surface area (Å²) in [6.45, 7) is 7.04. The molecule has 1 aromatic rings. The van der Waals surface area contributed by atoms with Crippen LogP contribution in [-0.2, 0) is 16.0 Å². The number of methoxy groups -OCH3 is 1. The monoisotopic (exact) mass is 278 g/mol. The molecular formula is C16H26N2O2. The van der Waals surface area contributed by atoms with E-state index in [0.717, 1.165) is 19.5 Å². The molecule has 0 radical (unpaired) electrons. The highest BCUT2D eigenvalue weighted by Crippen LogP contribution is 2.08. The number of carbonyl (C=O) groups excluding carboxylic acids is 1. The average molecular weight is 278 g/mol. The van der Waals surface area contributed by atoms with Gasteiger partial charge in [-0.05, 0) is 25.1 Å². The van der Waals surface area contributed by atoms with E-state index < -0.39 is 0 Å². The first-order valence-corrected chi connectivity index (χ1v) is 7.24. The molecule has 0 aliphatic heterocycles. The molecule has 0 heterocycles. The fourth-order valence-electron chi connectivity index (χ4n) is 2.37. The topological polar surface area (TPSA) is 41.6 Å². The number of benzene rings is 1. The van der Waals surface area contributed by atoms with Crippen LogP contribution < -0.4 is 5.32 Å². The smallest absolute Gasteiger partial charge is 0.246 e. The van der Waals surface area contributed by atoms with Crippen LogP contribution in [0.1, 0.15) is 19.4 Å².